The van der Waals surface area contributed by atoms with Gasteiger partial charge in [-0.1, -0.05) is 18.2 Å². The van der Waals surface area contributed by atoms with Crippen LogP contribution in [0.15, 0.2) is 18.2 Å². The van der Waals surface area contributed by atoms with Gasteiger partial charge < -0.3 is 15.6 Å². The predicted octanol–water partition coefficient (Wildman–Crippen LogP) is 1.09. The van der Waals surface area contributed by atoms with E-state index in [1.807, 2.05) is 13.0 Å². The number of rotatable bonds is 3. The van der Waals surface area contributed by atoms with Gasteiger partial charge in [-0.15, -0.1) is 0 Å². The molecule has 76 valence electrons. The normalized spacial score (nSPS) is 12.2. The summed E-state index contributed by atoms with van der Waals surface area (Å²) in [6.45, 7) is 1.84. The van der Waals surface area contributed by atoms with Crippen molar-refractivity contribution in [1.82, 2.24) is 0 Å². The van der Waals surface area contributed by atoms with Crippen molar-refractivity contribution in [2.24, 2.45) is 5.73 Å². The van der Waals surface area contributed by atoms with Gasteiger partial charge in [-0.05, 0) is 12.5 Å². The third kappa shape index (κ3) is 1.85. The lowest BCUT2D eigenvalue weighted by Crippen LogP contribution is -2.21. The van der Waals surface area contributed by atoms with Crippen LogP contribution >= 0.6 is 0 Å². The molecule has 1 aromatic rings. The third-order valence-corrected chi connectivity index (χ3v) is 2.05. The number of benzene rings is 1. The lowest BCUT2D eigenvalue weighted by Gasteiger charge is -2.13. The van der Waals surface area contributed by atoms with E-state index in [1.165, 1.54) is 7.11 Å². The number of methoxy groups -OCH3 is 1. The van der Waals surface area contributed by atoms with E-state index in [0.717, 1.165) is 5.56 Å². The van der Waals surface area contributed by atoms with Gasteiger partial charge in [0, 0.05) is 5.56 Å². The van der Waals surface area contributed by atoms with Gasteiger partial charge in [-0.2, -0.15) is 0 Å². The van der Waals surface area contributed by atoms with Crippen LogP contribution in [0.1, 0.15) is 17.2 Å². The maximum atomic E-state index is 10.7. The molecule has 0 saturated carbocycles. The fourth-order valence-corrected chi connectivity index (χ4v) is 1.33. The van der Waals surface area contributed by atoms with E-state index in [9.17, 15) is 4.79 Å². The topological polar surface area (TPSA) is 72.5 Å². The highest BCUT2D eigenvalue weighted by atomic mass is 16.5. The Labute approximate surface area is 82.3 Å². The van der Waals surface area contributed by atoms with Crippen LogP contribution in [0, 0.1) is 6.92 Å². The third-order valence-electron chi connectivity index (χ3n) is 2.05. The van der Waals surface area contributed by atoms with E-state index in [1.54, 1.807) is 12.1 Å². The minimum atomic E-state index is -1.06. The number of carbonyl (C=O) groups is 1. The van der Waals surface area contributed by atoms with Gasteiger partial charge in [0.2, 0.25) is 0 Å². The number of aryl methyl sites for hydroxylation is 1. The lowest BCUT2D eigenvalue weighted by atomic mass is 10.0. The molecule has 14 heavy (non-hydrogen) atoms. The molecule has 0 aliphatic rings. The summed E-state index contributed by atoms with van der Waals surface area (Å²) in [5.41, 5.74) is 6.88. The molecule has 0 amide bonds. The zero-order valence-electron chi connectivity index (χ0n) is 8.15. The van der Waals surface area contributed by atoms with Crippen LogP contribution in [-0.4, -0.2) is 18.2 Å². The van der Waals surface area contributed by atoms with Crippen LogP contribution in [0.2, 0.25) is 0 Å². The first-order valence-corrected chi connectivity index (χ1v) is 4.19. The lowest BCUT2D eigenvalue weighted by molar-refractivity contribution is -0.138. The number of carboxylic acids is 1. The summed E-state index contributed by atoms with van der Waals surface area (Å²) < 4.78 is 5.10. The molecule has 0 aliphatic heterocycles. The van der Waals surface area contributed by atoms with Gasteiger partial charge in [-0.25, -0.2) is 0 Å². The summed E-state index contributed by atoms with van der Waals surface area (Å²) in [6, 6.07) is 4.22. The smallest absolute Gasteiger partial charge is 0.325 e. The first-order valence-electron chi connectivity index (χ1n) is 4.19. The second kappa shape index (κ2) is 4.11. The quantitative estimate of drug-likeness (QED) is 0.757. The second-order valence-corrected chi connectivity index (χ2v) is 3.01. The van der Waals surface area contributed by atoms with Gasteiger partial charge in [0.15, 0.2) is 0 Å². The van der Waals surface area contributed by atoms with Crippen LogP contribution in [-0.2, 0) is 4.79 Å². The number of ether oxygens (including phenoxy) is 1. The minimum Gasteiger partial charge on any atom is -0.496 e. The van der Waals surface area contributed by atoms with E-state index >= 15 is 0 Å². The molecule has 0 aliphatic carbocycles. The summed E-state index contributed by atoms with van der Waals surface area (Å²) in [5.74, 6) is -0.517. The standard InChI is InChI=1S/C10H13NO3/c1-6-4-3-5-7(9(6)14-2)8(11)10(12)13/h3-5,8H,11H2,1-2H3,(H,12,13). The van der Waals surface area contributed by atoms with Gasteiger partial charge in [0.05, 0.1) is 7.11 Å². The molecular weight excluding hydrogens is 182 g/mol. The van der Waals surface area contributed by atoms with Crippen LogP contribution in [0.3, 0.4) is 0 Å². The molecule has 0 heterocycles. The SMILES string of the molecule is COc1c(C)cccc1C(N)C(=O)O. The van der Waals surface area contributed by atoms with Crippen molar-refractivity contribution in [3.63, 3.8) is 0 Å². The largest absolute Gasteiger partial charge is 0.496 e. The van der Waals surface area contributed by atoms with Crippen molar-refractivity contribution in [3.8, 4) is 5.75 Å². The fourth-order valence-electron chi connectivity index (χ4n) is 1.33. The minimum absolute atomic E-state index is 0.500. The monoisotopic (exact) mass is 195 g/mol. The predicted molar refractivity (Wildman–Crippen MR) is 52.3 cm³/mol. The van der Waals surface area contributed by atoms with Crippen molar-refractivity contribution in [2.75, 3.05) is 7.11 Å². The second-order valence-electron chi connectivity index (χ2n) is 3.01. The summed E-state index contributed by atoms with van der Waals surface area (Å²) in [6.07, 6.45) is 0. The summed E-state index contributed by atoms with van der Waals surface area (Å²) >= 11 is 0. The summed E-state index contributed by atoms with van der Waals surface area (Å²) in [5, 5.41) is 8.77. The maximum absolute atomic E-state index is 10.7. The highest BCUT2D eigenvalue weighted by molar-refractivity contribution is 5.76. The molecule has 0 saturated heterocycles. The van der Waals surface area contributed by atoms with Crippen molar-refractivity contribution < 1.29 is 14.6 Å². The van der Waals surface area contributed by atoms with Gasteiger partial charge in [0.25, 0.3) is 0 Å². The Balaban J connectivity index is 3.20. The van der Waals surface area contributed by atoms with Crippen LogP contribution in [0.4, 0.5) is 0 Å². The molecule has 3 N–H and O–H groups in total. The summed E-state index contributed by atoms with van der Waals surface area (Å²) in [7, 11) is 1.50. The molecule has 0 radical (unpaired) electrons. The molecule has 0 bridgehead atoms. The Bertz CT molecular complexity index is 349. The molecule has 1 atom stereocenters. The molecule has 0 spiro atoms. The number of hydrogen-bond acceptors (Lipinski definition) is 3. The highest BCUT2D eigenvalue weighted by Crippen LogP contribution is 2.27. The van der Waals surface area contributed by atoms with Crippen molar-refractivity contribution in [2.45, 2.75) is 13.0 Å². The van der Waals surface area contributed by atoms with Gasteiger partial charge >= 0.3 is 5.97 Å². The van der Waals surface area contributed by atoms with Crippen LogP contribution in [0.25, 0.3) is 0 Å². The fraction of sp³-hybridized carbons (Fsp3) is 0.300. The number of nitrogens with two attached hydrogens (primary N) is 1. The molecule has 4 nitrogen and oxygen atoms in total. The van der Waals surface area contributed by atoms with Crippen molar-refractivity contribution in [1.29, 1.82) is 0 Å². The number of para-hydroxylation sites is 1. The maximum Gasteiger partial charge on any atom is 0.325 e. The van der Waals surface area contributed by atoms with Crippen LogP contribution in [0.5, 0.6) is 5.75 Å². The van der Waals surface area contributed by atoms with Crippen LogP contribution < -0.4 is 10.5 Å². The van der Waals surface area contributed by atoms with Crippen molar-refractivity contribution in [3.05, 3.63) is 29.3 Å². The first-order chi connectivity index (χ1) is 6.57. The van der Waals surface area contributed by atoms with Crippen molar-refractivity contribution >= 4 is 5.97 Å². The molecule has 4 heteroatoms. The number of aliphatic carboxylic acids is 1. The van der Waals surface area contributed by atoms with E-state index in [0.29, 0.717) is 11.3 Å². The molecule has 1 aromatic carbocycles. The Morgan fingerprint density at radius 1 is 1.57 bits per heavy atom. The van der Waals surface area contributed by atoms with E-state index in [-0.39, 0.29) is 0 Å². The zero-order chi connectivity index (χ0) is 10.7. The average molecular weight is 195 g/mol. The average Bonchev–Trinajstić information content (AvgIpc) is 2.16. The van der Waals surface area contributed by atoms with E-state index in [4.69, 9.17) is 15.6 Å². The Hall–Kier alpha value is -1.55. The number of carboxylic acid groups (broad SMARTS) is 1. The van der Waals surface area contributed by atoms with Gasteiger partial charge in [0.1, 0.15) is 11.8 Å². The molecule has 1 unspecified atom stereocenters. The Morgan fingerprint density at radius 3 is 2.71 bits per heavy atom. The molecule has 0 aromatic heterocycles. The Morgan fingerprint density at radius 2 is 2.21 bits per heavy atom. The summed E-state index contributed by atoms with van der Waals surface area (Å²) in [4.78, 5) is 10.7. The molecule has 0 fully saturated rings. The van der Waals surface area contributed by atoms with E-state index in [2.05, 4.69) is 0 Å². The molecular formula is C10H13NO3. The Kier molecular flexibility index (Phi) is 3.09. The van der Waals surface area contributed by atoms with Gasteiger partial charge in [-0.3, -0.25) is 4.79 Å². The zero-order valence-corrected chi connectivity index (χ0v) is 8.15. The number of hydrogen-bond donors (Lipinski definition) is 2. The first kappa shape index (κ1) is 10.5. The highest BCUT2D eigenvalue weighted by Gasteiger charge is 2.19. The van der Waals surface area contributed by atoms with E-state index < -0.39 is 12.0 Å². The molecule has 1 rings (SSSR count).